The number of halogens is 2. The predicted octanol–water partition coefficient (Wildman–Crippen LogP) is 6.63. The number of fused-ring (bicyclic) bond motifs is 1. The average Bonchev–Trinajstić information content (AvgIpc) is 3.28. The molecule has 2 heterocycles. The van der Waals surface area contributed by atoms with Crippen LogP contribution in [0.4, 0.5) is 5.69 Å². The third-order valence-corrected chi connectivity index (χ3v) is 7.08. The number of amides is 1. The van der Waals surface area contributed by atoms with Crippen LogP contribution in [-0.2, 0) is 4.79 Å². The fourth-order valence-corrected chi connectivity index (χ4v) is 4.76. The second kappa shape index (κ2) is 10.3. The first-order valence-electron chi connectivity index (χ1n) is 10.5. The predicted molar refractivity (Wildman–Crippen MR) is 149 cm³/mol. The minimum atomic E-state index is -0.465. The lowest BCUT2D eigenvalue weighted by Crippen LogP contribution is -2.14. The number of hydrogen-bond donors (Lipinski definition) is 1. The molecule has 174 valence electrons. The van der Waals surface area contributed by atoms with Crippen molar-refractivity contribution in [3.05, 3.63) is 104 Å². The smallest absolute Gasteiger partial charge is 0.345 e. The van der Waals surface area contributed by atoms with Crippen LogP contribution < -0.4 is 10.9 Å². The van der Waals surface area contributed by atoms with Crippen LogP contribution in [0, 0.1) is 3.57 Å². The van der Waals surface area contributed by atoms with Crippen LogP contribution in [0.15, 0.2) is 99.4 Å². The third-order valence-electron chi connectivity index (χ3n) is 5.16. The van der Waals surface area contributed by atoms with Gasteiger partial charge in [0.25, 0.3) is 0 Å². The number of nitrogens with zero attached hydrogens (tertiary/aromatic N) is 2. The van der Waals surface area contributed by atoms with Gasteiger partial charge in [-0.1, -0.05) is 41.6 Å². The van der Waals surface area contributed by atoms with Gasteiger partial charge in [0.1, 0.15) is 5.58 Å². The molecule has 2 aromatic heterocycles. The largest absolute Gasteiger partial charge is 0.422 e. The van der Waals surface area contributed by atoms with Gasteiger partial charge in [-0.2, -0.15) is 0 Å². The molecule has 0 atom stereocenters. The van der Waals surface area contributed by atoms with Crippen LogP contribution in [0.5, 0.6) is 0 Å². The Balaban J connectivity index is 1.47. The molecule has 9 heteroatoms. The number of aromatic nitrogens is 2. The topological polar surface area (TPSA) is 77.1 Å². The van der Waals surface area contributed by atoms with Gasteiger partial charge in [0.2, 0.25) is 5.91 Å². The Kier molecular flexibility index (Phi) is 6.94. The molecule has 0 aliphatic rings. The number of hydrogen-bond acceptors (Lipinski definition) is 5. The first-order valence-corrected chi connectivity index (χ1v) is 13.0. The van der Waals surface area contributed by atoms with E-state index >= 15 is 0 Å². The molecule has 0 saturated carbocycles. The normalized spacial score (nSPS) is 11.0. The van der Waals surface area contributed by atoms with Crippen LogP contribution in [-0.4, -0.2) is 21.2 Å². The van der Waals surface area contributed by atoms with E-state index in [1.165, 1.54) is 11.8 Å². The quantitative estimate of drug-likeness (QED) is 0.132. The molecular formula is C26H17ClIN3O3S. The molecule has 0 aliphatic heterocycles. The molecule has 6 nitrogen and oxygen atoms in total. The summed E-state index contributed by atoms with van der Waals surface area (Å²) in [6.07, 6.45) is 1.79. The van der Waals surface area contributed by atoms with Gasteiger partial charge in [-0.3, -0.25) is 9.36 Å². The number of carbonyl (C=O) groups is 1. The first kappa shape index (κ1) is 23.7. The summed E-state index contributed by atoms with van der Waals surface area (Å²) in [6.45, 7) is 0. The summed E-state index contributed by atoms with van der Waals surface area (Å²) in [6, 6.07) is 24.0. The maximum Gasteiger partial charge on any atom is 0.345 e. The monoisotopic (exact) mass is 613 g/mol. The van der Waals surface area contributed by atoms with Crippen molar-refractivity contribution in [3.63, 3.8) is 0 Å². The minimum absolute atomic E-state index is 0.135. The molecule has 0 bridgehead atoms. The molecule has 1 N–H and O–H groups in total. The van der Waals surface area contributed by atoms with Crippen LogP contribution >= 0.6 is 46.0 Å². The highest BCUT2D eigenvalue weighted by atomic mass is 127. The maximum absolute atomic E-state index is 12.7. The van der Waals surface area contributed by atoms with Crippen LogP contribution in [0.3, 0.4) is 0 Å². The second-order valence-electron chi connectivity index (χ2n) is 7.58. The van der Waals surface area contributed by atoms with Gasteiger partial charge in [0, 0.05) is 31.6 Å². The summed E-state index contributed by atoms with van der Waals surface area (Å²) in [4.78, 5) is 30.0. The van der Waals surface area contributed by atoms with Gasteiger partial charge in [0.15, 0.2) is 5.16 Å². The fraction of sp³-hybridized carbons (Fsp3) is 0.0385. The van der Waals surface area contributed by atoms with Crippen LogP contribution in [0.1, 0.15) is 0 Å². The highest BCUT2D eigenvalue weighted by Crippen LogP contribution is 2.28. The lowest BCUT2D eigenvalue weighted by atomic mass is 10.1. The van der Waals surface area contributed by atoms with Crippen molar-refractivity contribution in [3.8, 4) is 16.9 Å². The van der Waals surface area contributed by atoms with Gasteiger partial charge in [-0.25, -0.2) is 9.78 Å². The minimum Gasteiger partial charge on any atom is -0.422 e. The molecule has 0 spiro atoms. The molecule has 0 aliphatic carbocycles. The third kappa shape index (κ3) is 5.44. The van der Waals surface area contributed by atoms with E-state index in [0.29, 0.717) is 32.7 Å². The maximum atomic E-state index is 12.7. The van der Waals surface area contributed by atoms with E-state index in [2.05, 4.69) is 27.9 Å². The molecule has 0 unspecified atom stereocenters. The molecule has 0 radical (unpaired) electrons. The van der Waals surface area contributed by atoms with E-state index in [-0.39, 0.29) is 11.7 Å². The molecule has 1 amide bonds. The van der Waals surface area contributed by atoms with Crippen molar-refractivity contribution >= 4 is 68.5 Å². The van der Waals surface area contributed by atoms with E-state index in [1.54, 1.807) is 42.6 Å². The van der Waals surface area contributed by atoms with Crippen LogP contribution in [0.2, 0.25) is 5.02 Å². The van der Waals surface area contributed by atoms with Crippen LogP contribution in [0.25, 0.3) is 27.9 Å². The van der Waals surface area contributed by atoms with E-state index in [9.17, 15) is 9.59 Å². The Morgan fingerprint density at radius 2 is 1.80 bits per heavy atom. The Morgan fingerprint density at radius 3 is 2.57 bits per heavy atom. The van der Waals surface area contributed by atoms with Crippen molar-refractivity contribution in [2.75, 3.05) is 11.1 Å². The highest BCUT2D eigenvalue weighted by Gasteiger charge is 2.17. The van der Waals surface area contributed by atoms with Crippen molar-refractivity contribution in [2.45, 2.75) is 5.16 Å². The molecule has 5 rings (SSSR count). The fourth-order valence-electron chi connectivity index (χ4n) is 3.48. The van der Waals surface area contributed by atoms with E-state index in [1.807, 2.05) is 47.0 Å². The molecule has 5 aromatic rings. The summed E-state index contributed by atoms with van der Waals surface area (Å²) in [5.41, 5.74) is 2.43. The number of thioether (sulfide) groups is 1. The Hall–Kier alpha value is -3.08. The molecule has 35 heavy (non-hydrogen) atoms. The summed E-state index contributed by atoms with van der Waals surface area (Å²) >= 11 is 9.44. The van der Waals surface area contributed by atoms with Gasteiger partial charge >= 0.3 is 5.63 Å². The lowest BCUT2D eigenvalue weighted by molar-refractivity contribution is -0.113. The number of nitrogens with one attached hydrogen (secondary N) is 1. The SMILES string of the molecule is O=C(CSc1nc(-c2cc3ccccc3oc2=O)cn1-c1ccc(I)cc1)Nc1ccc(Cl)cc1. The zero-order valence-corrected chi connectivity index (χ0v) is 21.8. The Labute approximate surface area is 223 Å². The average molecular weight is 614 g/mol. The van der Waals surface area contributed by atoms with E-state index < -0.39 is 5.63 Å². The number of para-hydroxylation sites is 1. The zero-order valence-electron chi connectivity index (χ0n) is 18.1. The summed E-state index contributed by atoms with van der Waals surface area (Å²) < 4.78 is 8.48. The molecule has 0 saturated heterocycles. The number of imidazole rings is 1. The Bertz CT molecular complexity index is 1580. The van der Waals surface area contributed by atoms with Gasteiger partial charge in [-0.15, -0.1) is 0 Å². The molecular weight excluding hydrogens is 597 g/mol. The highest BCUT2D eigenvalue weighted by molar-refractivity contribution is 14.1. The number of benzene rings is 3. The second-order valence-corrected chi connectivity index (χ2v) is 10.2. The summed E-state index contributed by atoms with van der Waals surface area (Å²) in [7, 11) is 0. The number of anilines is 1. The van der Waals surface area contributed by atoms with E-state index in [0.717, 1.165) is 14.6 Å². The Morgan fingerprint density at radius 1 is 1.06 bits per heavy atom. The van der Waals surface area contributed by atoms with Crippen molar-refractivity contribution in [1.82, 2.24) is 9.55 Å². The summed E-state index contributed by atoms with van der Waals surface area (Å²) in [5.74, 6) is -0.0447. The number of rotatable bonds is 6. The van der Waals surface area contributed by atoms with E-state index in [4.69, 9.17) is 21.0 Å². The van der Waals surface area contributed by atoms with Gasteiger partial charge < -0.3 is 9.73 Å². The van der Waals surface area contributed by atoms with Gasteiger partial charge in [0.05, 0.1) is 17.0 Å². The van der Waals surface area contributed by atoms with Crippen molar-refractivity contribution < 1.29 is 9.21 Å². The number of carbonyl (C=O) groups excluding carboxylic acids is 1. The van der Waals surface area contributed by atoms with Crippen molar-refractivity contribution in [1.29, 1.82) is 0 Å². The summed E-state index contributed by atoms with van der Waals surface area (Å²) in [5, 5.41) is 4.84. The zero-order chi connectivity index (χ0) is 24.4. The first-order chi connectivity index (χ1) is 17.0. The standard InChI is InChI=1S/C26H17ClIN3O3S/c27-17-5-9-19(10-6-17)29-24(32)15-35-26-30-22(14-31(26)20-11-7-18(28)8-12-20)21-13-16-3-1-2-4-23(16)34-25(21)33/h1-14H,15H2,(H,29,32). The van der Waals surface area contributed by atoms with Crippen molar-refractivity contribution in [2.24, 2.45) is 0 Å². The molecule has 3 aromatic carbocycles. The van der Waals surface area contributed by atoms with Gasteiger partial charge in [-0.05, 0) is 83.3 Å². The lowest BCUT2D eigenvalue weighted by Gasteiger charge is -2.08. The molecule has 0 fully saturated rings.